The molecule has 6 nitrogen and oxygen atoms in total. The van der Waals surface area contributed by atoms with Gasteiger partial charge in [-0.25, -0.2) is 8.42 Å². The lowest BCUT2D eigenvalue weighted by Crippen LogP contribution is -2.34. The van der Waals surface area contributed by atoms with Crippen LogP contribution >= 0.6 is 0 Å². The van der Waals surface area contributed by atoms with E-state index < -0.39 is 34.4 Å². The summed E-state index contributed by atoms with van der Waals surface area (Å²) < 4.78 is 68.6. The second-order valence-electron chi connectivity index (χ2n) is 6.73. The number of sulfonamides is 1. The van der Waals surface area contributed by atoms with Gasteiger partial charge in [-0.15, -0.1) is 0 Å². The van der Waals surface area contributed by atoms with Gasteiger partial charge in [0.15, 0.2) is 0 Å². The maximum atomic E-state index is 13.3. The number of hydrogen-bond donors (Lipinski definition) is 1. The average molecular weight is 439 g/mol. The van der Waals surface area contributed by atoms with Crippen molar-refractivity contribution in [2.24, 2.45) is 7.05 Å². The summed E-state index contributed by atoms with van der Waals surface area (Å²) in [5.41, 5.74) is -0.762. The van der Waals surface area contributed by atoms with E-state index in [4.69, 9.17) is 0 Å². The van der Waals surface area contributed by atoms with Crippen LogP contribution in [0.5, 0.6) is 0 Å². The minimum absolute atomic E-state index is 0.114. The normalized spacial score (nSPS) is 13.5. The number of halogens is 3. The maximum absolute atomic E-state index is 13.3. The fraction of sp³-hybridized carbons (Fsp3) is 0.250. The Kier molecular flexibility index (Phi) is 6.30. The Morgan fingerprint density at radius 3 is 2.33 bits per heavy atom. The summed E-state index contributed by atoms with van der Waals surface area (Å²) in [5, 5.41) is 14.5. The highest BCUT2D eigenvalue weighted by Gasteiger charge is 2.36. The van der Waals surface area contributed by atoms with Crippen LogP contribution in [0, 0.1) is 0 Å². The maximum Gasteiger partial charge on any atom is 0.416 e. The third-order valence-electron chi connectivity index (χ3n) is 4.52. The molecule has 0 aliphatic carbocycles. The van der Waals surface area contributed by atoms with E-state index in [0.29, 0.717) is 5.56 Å². The van der Waals surface area contributed by atoms with Crippen LogP contribution in [-0.2, 0) is 29.8 Å². The van der Waals surface area contributed by atoms with Crippen molar-refractivity contribution in [2.45, 2.75) is 23.7 Å². The van der Waals surface area contributed by atoms with Crippen LogP contribution in [0.15, 0.2) is 71.9 Å². The van der Waals surface area contributed by atoms with Crippen molar-refractivity contribution in [1.82, 2.24) is 14.1 Å². The van der Waals surface area contributed by atoms with Crippen molar-refractivity contribution < 1.29 is 26.7 Å². The minimum Gasteiger partial charge on any atom is -0.387 e. The first kappa shape index (κ1) is 22.0. The van der Waals surface area contributed by atoms with Crippen LogP contribution in [0.2, 0.25) is 0 Å². The fourth-order valence-corrected chi connectivity index (χ4v) is 4.47. The van der Waals surface area contributed by atoms with Crippen LogP contribution in [0.4, 0.5) is 13.2 Å². The van der Waals surface area contributed by atoms with Crippen LogP contribution in [0.3, 0.4) is 0 Å². The van der Waals surface area contributed by atoms with E-state index in [1.54, 1.807) is 37.4 Å². The molecular weight excluding hydrogens is 419 g/mol. The molecule has 3 aromatic rings. The molecule has 0 amide bonds. The van der Waals surface area contributed by atoms with E-state index in [1.165, 1.54) is 23.0 Å². The quantitative estimate of drug-likeness (QED) is 0.613. The first-order valence-corrected chi connectivity index (χ1v) is 10.4. The summed E-state index contributed by atoms with van der Waals surface area (Å²) in [5.74, 6) is 0. The molecule has 0 fully saturated rings. The Morgan fingerprint density at radius 1 is 1.10 bits per heavy atom. The van der Waals surface area contributed by atoms with Gasteiger partial charge in [0.25, 0.3) is 0 Å². The third-order valence-corrected chi connectivity index (χ3v) is 6.29. The van der Waals surface area contributed by atoms with E-state index in [2.05, 4.69) is 5.10 Å². The Hall–Kier alpha value is -2.69. The van der Waals surface area contributed by atoms with E-state index in [9.17, 15) is 26.7 Å². The zero-order valence-electron chi connectivity index (χ0n) is 16.0. The van der Waals surface area contributed by atoms with Crippen LogP contribution in [0.1, 0.15) is 22.8 Å². The monoisotopic (exact) mass is 439 g/mol. The average Bonchev–Trinajstić information content (AvgIpc) is 3.15. The van der Waals surface area contributed by atoms with Gasteiger partial charge in [0, 0.05) is 26.3 Å². The summed E-state index contributed by atoms with van der Waals surface area (Å²) in [4.78, 5) is -0.114. The van der Waals surface area contributed by atoms with Gasteiger partial charge in [-0.05, 0) is 17.2 Å². The van der Waals surface area contributed by atoms with E-state index in [1.807, 2.05) is 0 Å². The molecule has 0 aliphatic rings. The summed E-state index contributed by atoms with van der Waals surface area (Å²) in [7, 11) is -2.57. The van der Waals surface area contributed by atoms with E-state index in [0.717, 1.165) is 22.6 Å². The standard InChI is InChI=1S/C20H20F3N3O3S/c1-25-13-16(11-24-25)30(28,29)26(12-15-7-3-2-4-8-15)14-19(27)17-9-5-6-10-18(17)20(21,22)23/h2-11,13,19,27H,12,14H2,1H3/t19-/m0/s1. The van der Waals surface area contributed by atoms with E-state index >= 15 is 0 Å². The van der Waals surface area contributed by atoms with Gasteiger partial charge in [0.1, 0.15) is 4.90 Å². The molecule has 1 heterocycles. The topological polar surface area (TPSA) is 75.4 Å². The number of aromatic nitrogens is 2. The molecular formula is C20H20F3N3O3S. The Balaban J connectivity index is 1.97. The second kappa shape index (κ2) is 8.58. The Bertz CT molecular complexity index is 1100. The number of aliphatic hydroxyl groups is 1. The van der Waals surface area contributed by atoms with Gasteiger partial charge in [-0.2, -0.15) is 22.6 Å². The number of aliphatic hydroxyl groups excluding tert-OH is 1. The van der Waals surface area contributed by atoms with Crippen molar-refractivity contribution in [3.05, 3.63) is 83.7 Å². The number of aryl methyl sites for hydroxylation is 1. The molecule has 3 rings (SSSR count). The molecule has 1 atom stereocenters. The molecule has 1 N–H and O–H groups in total. The predicted octanol–water partition coefficient (Wildman–Crippen LogP) is 3.36. The van der Waals surface area contributed by atoms with Crippen molar-refractivity contribution in [3.63, 3.8) is 0 Å². The molecule has 0 aliphatic heterocycles. The van der Waals surface area contributed by atoms with Crippen molar-refractivity contribution in [1.29, 1.82) is 0 Å². The lowest BCUT2D eigenvalue weighted by molar-refractivity contribution is -0.139. The first-order valence-electron chi connectivity index (χ1n) is 8.96. The lowest BCUT2D eigenvalue weighted by Gasteiger charge is -2.26. The first-order chi connectivity index (χ1) is 14.1. The highest BCUT2D eigenvalue weighted by molar-refractivity contribution is 7.89. The van der Waals surface area contributed by atoms with Gasteiger partial charge >= 0.3 is 6.18 Å². The molecule has 0 saturated carbocycles. The number of hydrogen-bond acceptors (Lipinski definition) is 4. The van der Waals surface area contributed by atoms with Gasteiger partial charge < -0.3 is 5.11 Å². The zero-order chi connectivity index (χ0) is 21.9. The molecule has 0 radical (unpaired) electrons. The van der Waals surface area contributed by atoms with Gasteiger partial charge in [0.05, 0.1) is 17.9 Å². The Morgan fingerprint density at radius 2 is 1.73 bits per heavy atom. The highest BCUT2D eigenvalue weighted by atomic mass is 32.2. The number of rotatable bonds is 7. The SMILES string of the molecule is Cn1cc(S(=O)(=O)N(Cc2ccccc2)C[C@H](O)c2ccccc2C(F)(F)F)cn1. The molecule has 160 valence electrons. The van der Waals surface area contributed by atoms with Crippen LogP contribution < -0.4 is 0 Å². The molecule has 0 unspecified atom stereocenters. The lowest BCUT2D eigenvalue weighted by atomic mass is 10.0. The molecule has 2 aromatic carbocycles. The van der Waals surface area contributed by atoms with Crippen molar-refractivity contribution >= 4 is 10.0 Å². The molecule has 30 heavy (non-hydrogen) atoms. The highest BCUT2D eigenvalue weighted by Crippen LogP contribution is 2.35. The minimum atomic E-state index is -4.68. The fourth-order valence-electron chi connectivity index (χ4n) is 3.05. The number of nitrogens with zero attached hydrogens (tertiary/aromatic N) is 3. The Labute approximate surface area is 172 Å². The summed E-state index contributed by atoms with van der Waals surface area (Å²) in [6, 6.07) is 13.2. The van der Waals surface area contributed by atoms with Gasteiger partial charge in [-0.3, -0.25) is 4.68 Å². The van der Waals surface area contributed by atoms with E-state index in [-0.39, 0.29) is 17.0 Å². The predicted molar refractivity (Wildman–Crippen MR) is 104 cm³/mol. The van der Waals surface area contributed by atoms with Crippen LogP contribution in [-0.4, -0.2) is 34.2 Å². The number of alkyl halides is 3. The smallest absolute Gasteiger partial charge is 0.387 e. The molecule has 0 saturated heterocycles. The molecule has 0 bridgehead atoms. The summed E-state index contributed by atoms with van der Waals surface area (Å²) in [6.45, 7) is -0.678. The molecule has 10 heteroatoms. The van der Waals surface area contributed by atoms with Crippen molar-refractivity contribution in [2.75, 3.05) is 6.54 Å². The van der Waals surface area contributed by atoms with Gasteiger partial charge in [-0.1, -0.05) is 48.5 Å². The zero-order valence-corrected chi connectivity index (χ0v) is 16.8. The molecule has 1 aromatic heterocycles. The largest absolute Gasteiger partial charge is 0.416 e. The third kappa shape index (κ3) is 4.89. The van der Waals surface area contributed by atoms with Crippen LogP contribution in [0.25, 0.3) is 0 Å². The van der Waals surface area contributed by atoms with Crippen molar-refractivity contribution in [3.8, 4) is 0 Å². The van der Waals surface area contributed by atoms with Gasteiger partial charge in [0.2, 0.25) is 10.0 Å². The number of benzene rings is 2. The molecule has 0 spiro atoms. The summed E-state index contributed by atoms with van der Waals surface area (Å²) >= 11 is 0. The second-order valence-corrected chi connectivity index (χ2v) is 8.67. The summed E-state index contributed by atoms with van der Waals surface area (Å²) in [6.07, 6.45) is -3.91.